The maximum Gasteiger partial charge on any atom is 0.289 e. The van der Waals surface area contributed by atoms with Gasteiger partial charge in [0.25, 0.3) is 5.91 Å². The Morgan fingerprint density at radius 2 is 1.53 bits per heavy atom. The Bertz CT molecular complexity index is 1180. The summed E-state index contributed by atoms with van der Waals surface area (Å²) >= 11 is 1.54. The van der Waals surface area contributed by atoms with Gasteiger partial charge < -0.3 is 9.32 Å². The van der Waals surface area contributed by atoms with E-state index in [1.165, 1.54) is 11.1 Å². The molecule has 0 saturated carbocycles. The first kappa shape index (κ1) is 20.5. The molecular weight excluding hydrogens is 418 g/mol. The van der Waals surface area contributed by atoms with Crippen molar-refractivity contribution in [3.8, 4) is 22.4 Å². The average molecular weight is 442 g/mol. The van der Waals surface area contributed by atoms with Crippen LogP contribution in [0.5, 0.6) is 0 Å². The Labute approximate surface area is 191 Å². The Balaban J connectivity index is 1.20. The zero-order valence-corrected chi connectivity index (χ0v) is 18.4. The topological polar surface area (TPSA) is 59.2 Å². The van der Waals surface area contributed by atoms with Crippen LogP contribution in [0.1, 0.15) is 29.2 Å². The van der Waals surface area contributed by atoms with Gasteiger partial charge >= 0.3 is 0 Å². The van der Waals surface area contributed by atoms with Gasteiger partial charge in [-0.15, -0.1) is 10.2 Å². The smallest absolute Gasteiger partial charge is 0.289 e. The highest BCUT2D eigenvalue weighted by atomic mass is 32.2. The van der Waals surface area contributed by atoms with Gasteiger partial charge in [0.05, 0.1) is 11.4 Å². The van der Waals surface area contributed by atoms with Crippen LogP contribution < -0.4 is 0 Å². The number of thioether (sulfide) groups is 1. The minimum atomic E-state index is -0.0128. The van der Waals surface area contributed by atoms with Gasteiger partial charge in [-0.2, -0.15) is 0 Å². The number of hydrogen-bond donors (Lipinski definition) is 0. The van der Waals surface area contributed by atoms with Crippen molar-refractivity contribution in [1.29, 1.82) is 0 Å². The summed E-state index contributed by atoms with van der Waals surface area (Å²) in [6, 6.07) is 26.2. The molecule has 1 fully saturated rings. The summed E-state index contributed by atoms with van der Waals surface area (Å²) < 4.78 is 5.76. The molecule has 0 atom stereocenters. The van der Waals surface area contributed by atoms with Gasteiger partial charge in [-0.3, -0.25) is 4.79 Å². The minimum absolute atomic E-state index is 0.0128. The fourth-order valence-electron chi connectivity index (χ4n) is 3.81. The van der Waals surface area contributed by atoms with Gasteiger partial charge in [0.2, 0.25) is 0 Å². The number of likely N-dealkylation sites (tertiary alicyclic amines) is 1. The number of nitrogens with zero attached hydrogens (tertiary/aromatic N) is 3. The lowest BCUT2D eigenvalue weighted by Gasteiger charge is -2.12. The fraction of sp³-hybridized carbons (Fsp3) is 0.192. The molecule has 0 N–H and O–H groups in total. The summed E-state index contributed by atoms with van der Waals surface area (Å²) in [4.78, 5) is 14.3. The molecule has 1 saturated heterocycles. The molecule has 32 heavy (non-hydrogen) atoms. The highest BCUT2D eigenvalue weighted by Crippen LogP contribution is 2.26. The number of aromatic nitrogens is 2. The van der Waals surface area contributed by atoms with Gasteiger partial charge in [-0.25, -0.2) is 0 Å². The second kappa shape index (κ2) is 9.40. The first-order valence-electron chi connectivity index (χ1n) is 10.8. The van der Waals surface area contributed by atoms with E-state index in [1.54, 1.807) is 17.8 Å². The molecule has 3 heterocycles. The Morgan fingerprint density at radius 1 is 0.812 bits per heavy atom. The summed E-state index contributed by atoms with van der Waals surface area (Å²) in [5, 5.41) is 9.56. The molecule has 5 nitrogen and oxygen atoms in total. The van der Waals surface area contributed by atoms with Gasteiger partial charge in [0, 0.05) is 18.7 Å². The monoisotopic (exact) mass is 441 g/mol. The molecule has 6 heteroatoms. The largest absolute Gasteiger partial charge is 0.455 e. The van der Waals surface area contributed by atoms with Crippen molar-refractivity contribution in [3.63, 3.8) is 0 Å². The second-order valence-electron chi connectivity index (χ2n) is 7.75. The third-order valence-electron chi connectivity index (χ3n) is 5.56. The van der Waals surface area contributed by atoms with E-state index >= 15 is 0 Å². The van der Waals surface area contributed by atoms with E-state index in [0.29, 0.717) is 11.5 Å². The number of amides is 1. The van der Waals surface area contributed by atoms with Gasteiger partial charge in [-0.1, -0.05) is 66.4 Å². The van der Waals surface area contributed by atoms with Crippen molar-refractivity contribution in [2.75, 3.05) is 13.1 Å². The van der Waals surface area contributed by atoms with Crippen LogP contribution in [0, 0.1) is 0 Å². The van der Waals surface area contributed by atoms with Crippen LogP contribution in [0.3, 0.4) is 0 Å². The third kappa shape index (κ3) is 4.60. The highest BCUT2D eigenvalue weighted by molar-refractivity contribution is 7.98. The maximum atomic E-state index is 12.4. The third-order valence-corrected chi connectivity index (χ3v) is 6.50. The van der Waals surface area contributed by atoms with Crippen LogP contribution in [0.2, 0.25) is 0 Å². The molecule has 0 radical (unpaired) electrons. The molecule has 5 rings (SSSR count). The molecule has 0 bridgehead atoms. The molecule has 2 aromatic carbocycles. The number of furan rings is 1. The van der Waals surface area contributed by atoms with Crippen molar-refractivity contribution in [2.24, 2.45) is 0 Å². The molecule has 160 valence electrons. The van der Waals surface area contributed by atoms with E-state index in [9.17, 15) is 4.79 Å². The fourth-order valence-corrected chi connectivity index (χ4v) is 4.51. The lowest BCUT2D eigenvalue weighted by Crippen LogP contribution is -2.27. The van der Waals surface area contributed by atoms with E-state index in [1.807, 2.05) is 41.3 Å². The zero-order valence-electron chi connectivity index (χ0n) is 17.6. The summed E-state index contributed by atoms with van der Waals surface area (Å²) in [6.07, 6.45) is 2.14. The molecule has 0 spiro atoms. The standard InChI is InChI=1S/C26H23N3O2S/c30-26(29-16-4-5-17-29)24-14-12-22(31-24)18-32-25-15-13-23(27-28-25)21-10-8-20(9-11-21)19-6-2-1-3-7-19/h1-3,6-15H,4-5,16-18H2. The lowest BCUT2D eigenvalue weighted by atomic mass is 10.0. The van der Waals surface area contributed by atoms with Crippen molar-refractivity contribution >= 4 is 17.7 Å². The number of benzene rings is 2. The van der Waals surface area contributed by atoms with E-state index < -0.39 is 0 Å². The quantitative estimate of drug-likeness (QED) is 0.347. The predicted molar refractivity (Wildman–Crippen MR) is 126 cm³/mol. The van der Waals surface area contributed by atoms with Crippen LogP contribution in [-0.4, -0.2) is 34.1 Å². The van der Waals surface area contributed by atoms with Gasteiger partial charge in [-0.05, 0) is 48.2 Å². The Kier molecular flexibility index (Phi) is 6.03. The second-order valence-corrected chi connectivity index (χ2v) is 8.75. The van der Waals surface area contributed by atoms with Crippen LogP contribution in [0.25, 0.3) is 22.4 Å². The SMILES string of the molecule is O=C(c1ccc(CSc2ccc(-c3ccc(-c4ccccc4)cc3)nn2)o1)N1CCCC1. The normalized spacial score (nSPS) is 13.4. The number of rotatable bonds is 6. The van der Waals surface area contributed by atoms with Crippen LogP contribution >= 0.6 is 11.8 Å². The molecule has 2 aromatic heterocycles. The lowest BCUT2D eigenvalue weighted by molar-refractivity contribution is 0.0760. The van der Waals surface area contributed by atoms with Crippen LogP contribution in [0.4, 0.5) is 0 Å². The number of hydrogen-bond acceptors (Lipinski definition) is 5. The average Bonchev–Trinajstić information content (AvgIpc) is 3.56. The van der Waals surface area contributed by atoms with Crippen LogP contribution in [0.15, 0.2) is 88.3 Å². The zero-order chi connectivity index (χ0) is 21.8. The van der Waals surface area contributed by atoms with E-state index in [2.05, 4.69) is 46.6 Å². The Morgan fingerprint density at radius 3 is 2.25 bits per heavy atom. The van der Waals surface area contributed by atoms with Gasteiger partial charge in [0.1, 0.15) is 10.8 Å². The molecule has 1 aliphatic rings. The van der Waals surface area contributed by atoms with Crippen molar-refractivity contribution < 1.29 is 9.21 Å². The first-order valence-corrected chi connectivity index (χ1v) is 11.8. The summed E-state index contributed by atoms with van der Waals surface area (Å²) in [7, 11) is 0. The van der Waals surface area contributed by atoms with Crippen molar-refractivity contribution in [3.05, 3.63) is 90.4 Å². The van der Waals surface area contributed by atoms with Crippen molar-refractivity contribution in [1.82, 2.24) is 15.1 Å². The molecule has 0 aliphatic carbocycles. The molecule has 4 aromatic rings. The summed E-state index contributed by atoms with van der Waals surface area (Å²) in [5.41, 5.74) is 4.24. The highest BCUT2D eigenvalue weighted by Gasteiger charge is 2.22. The van der Waals surface area contributed by atoms with Crippen molar-refractivity contribution in [2.45, 2.75) is 23.6 Å². The molecule has 1 aliphatic heterocycles. The number of carbonyl (C=O) groups excluding carboxylic acids is 1. The molecular formula is C26H23N3O2S. The van der Waals surface area contributed by atoms with E-state index in [4.69, 9.17) is 4.42 Å². The first-order chi connectivity index (χ1) is 15.8. The predicted octanol–water partition coefficient (Wildman–Crippen LogP) is 5.93. The molecule has 1 amide bonds. The summed E-state index contributed by atoms with van der Waals surface area (Å²) in [6.45, 7) is 1.64. The molecule has 0 unspecified atom stereocenters. The minimum Gasteiger partial charge on any atom is -0.455 e. The summed E-state index contributed by atoms with van der Waals surface area (Å²) in [5.74, 6) is 1.77. The van der Waals surface area contributed by atoms with E-state index in [0.717, 1.165) is 48.0 Å². The maximum absolute atomic E-state index is 12.4. The Hall–Kier alpha value is -3.38. The van der Waals surface area contributed by atoms with E-state index in [-0.39, 0.29) is 5.91 Å². The van der Waals surface area contributed by atoms with Crippen LogP contribution in [-0.2, 0) is 5.75 Å². The van der Waals surface area contributed by atoms with Gasteiger partial charge in [0.15, 0.2) is 5.76 Å². The number of carbonyl (C=O) groups is 1.